The van der Waals surface area contributed by atoms with Crippen molar-refractivity contribution < 1.29 is 9.84 Å². The normalized spacial score (nSPS) is 11.2. The summed E-state index contributed by atoms with van der Waals surface area (Å²) in [6.07, 6.45) is 0.861. The maximum atomic E-state index is 9.21. The molecule has 0 saturated carbocycles. The van der Waals surface area contributed by atoms with E-state index in [1.54, 1.807) is 19.2 Å². The molecule has 2 aromatic rings. The lowest BCUT2D eigenvalue weighted by Gasteiger charge is -2.07. The maximum absolute atomic E-state index is 9.21. The van der Waals surface area contributed by atoms with E-state index in [-0.39, 0.29) is 5.75 Å². The van der Waals surface area contributed by atoms with Crippen molar-refractivity contribution >= 4 is 5.96 Å². The zero-order valence-electron chi connectivity index (χ0n) is 12.6. The van der Waals surface area contributed by atoms with E-state index in [9.17, 15) is 5.11 Å². The second kappa shape index (κ2) is 7.93. The van der Waals surface area contributed by atoms with E-state index < -0.39 is 0 Å². The third-order valence-corrected chi connectivity index (χ3v) is 3.25. The smallest absolute Gasteiger partial charge is 0.188 e. The van der Waals surface area contributed by atoms with Gasteiger partial charge < -0.3 is 20.9 Å². The van der Waals surface area contributed by atoms with E-state index in [1.807, 2.05) is 36.4 Å². The van der Waals surface area contributed by atoms with Crippen LogP contribution in [0.5, 0.6) is 11.5 Å². The van der Waals surface area contributed by atoms with Crippen molar-refractivity contribution in [3.8, 4) is 11.5 Å². The number of nitrogens with two attached hydrogens (primary N) is 1. The van der Waals surface area contributed by atoms with Crippen LogP contribution in [0.3, 0.4) is 0 Å². The predicted octanol–water partition coefficient (Wildman–Crippen LogP) is 2.05. The van der Waals surface area contributed by atoms with E-state index in [4.69, 9.17) is 10.5 Å². The van der Waals surface area contributed by atoms with E-state index >= 15 is 0 Å². The van der Waals surface area contributed by atoms with Crippen LogP contribution in [0.1, 0.15) is 11.1 Å². The number of ether oxygens (including phenoxy) is 1. The largest absolute Gasteiger partial charge is 0.508 e. The molecule has 0 aliphatic rings. The molecule has 0 aliphatic carbocycles. The molecule has 4 N–H and O–H groups in total. The van der Waals surface area contributed by atoms with Crippen LogP contribution < -0.4 is 15.8 Å². The van der Waals surface area contributed by atoms with Gasteiger partial charge in [0.1, 0.15) is 11.5 Å². The number of phenols is 1. The maximum Gasteiger partial charge on any atom is 0.188 e. The molecule has 0 unspecified atom stereocenters. The Kier molecular flexibility index (Phi) is 5.65. The van der Waals surface area contributed by atoms with Gasteiger partial charge in [-0.2, -0.15) is 0 Å². The molecular weight excluding hydrogens is 278 g/mol. The number of phenolic OH excluding ortho intramolecular Hbond substituents is 1. The van der Waals surface area contributed by atoms with Gasteiger partial charge in [0, 0.05) is 6.54 Å². The van der Waals surface area contributed by atoms with Gasteiger partial charge in [0.05, 0.1) is 13.7 Å². The summed E-state index contributed by atoms with van der Waals surface area (Å²) in [4.78, 5) is 4.26. The Morgan fingerprint density at radius 1 is 1.09 bits per heavy atom. The molecule has 0 bridgehead atoms. The van der Waals surface area contributed by atoms with Crippen LogP contribution in [0.4, 0.5) is 0 Å². The van der Waals surface area contributed by atoms with Crippen molar-refractivity contribution in [3.63, 3.8) is 0 Å². The zero-order chi connectivity index (χ0) is 15.8. The lowest BCUT2D eigenvalue weighted by molar-refractivity contribution is 0.414. The second-order valence-electron chi connectivity index (χ2n) is 4.89. The summed E-state index contributed by atoms with van der Waals surface area (Å²) in [7, 11) is 1.65. The van der Waals surface area contributed by atoms with Crippen molar-refractivity contribution in [1.29, 1.82) is 0 Å². The first-order valence-electron chi connectivity index (χ1n) is 7.12. The highest BCUT2D eigenvalue weighted by Gasteiger charge is 1.97. The molecule has 0 amide bonds. The Hall–Kier alpha value is -2.69. The number of benzene rings is 2. The molecule has 5 nitrogen and oxygen atoms in total. The van der Waals surface area contributed by atoms with Crippen molar-refractivity contribution in [2.75, 3.05) is 13.7 Å². The minimum Gasteiger partial charge on any atom is -0.508 e. The first-order valence-corrected chi connectivity index (χ1v) is 7.12. The van der Waals surface area contributed by atoms with E-state index in [0.29, 0.717) is 12.5 Å². The van der Waals surface area contributed by atoms with Crippen molar-refractivity contribution in [2.45, 2.75) is 13.0 Å². The van der Waals surface area contributed by atoms with Gasteiger partial charge in [0.15, 0.2) is 5.96 Å². The Labute approximate surface area is 130 Å². The minimum absolute atomic E-state index is 0.248. The summed E-state index contributed by atoms with van der Waals surface area (Å²) in [5.74, 6) is 1.52. The van der Waals surface area contributed by atoms with Crippen LogP contribution in [-0.2, 0) is 13.0 Å². The van der Waals surface area contributed by atoms with E-state index in [0.717, 1.165) is 24.3 Å². The van der Waals surface area contributed by atoms with Crippen LogP contribution in [0.2, 0.25) is 0 Å². The summed E-state index contributed by atoms with van der Waals surface area (Å²) in [5, 5.41) is 12.3. The molecule has 0 aliphatic heterocycles. The Bertz CT molecular complexity index is 607. The first-order chi connectivity index (χ1) is 10.7. The molecule has 5 heteroatoms. The molecule has 0 radical (unpaired) electrons. The molecule has 22 heavy (non-hydrogen) atoms. The topological polar surface area (TPSA) is 79.9 Å². The average molecular weight is 299 g/mol. The Morgan fingerprint density at radius 2 is 1.73 bits per heavy atom. The number of hydrogen-bond acceptors (Lipinski definition) is 3. The lowest BCUT2D eigenvalue weighted by Crippen LogP contribution is -2.33. The Morgan fingerprint density at radius 3 is 2.36 bits per heavy atom. The van der Waals surface area contributed by atoms with Crippen molar-refractivity contribution in [2.24, 2.45) is 10.7 Å². The van der Waals surface area contributed by atoms with Crippen LogP contribution in [0.15, 0.2) is 53.5 Å². The molecule has 0 spiro atoms. The third-order valence-electron chi connectivity index (χ3n) is 3.25. The summed E-state index contributed by atoms with van der Waals surface area (Å²) in [6, 6.07) is 14.9. The van der Waals surface area contributed by atoms with Gasteiger partial charge >= 0.3 is 0 Å². The molecule has 2 aromatic carbocycles. The highest BCUT2D eigenvalue weighted by atomic mass is 16.5. The number of guanidine groups is 1. The zero-order valence-corrected chi connectivity index (χ0v) is 12.6. The van der Waals surface area contributed by atoms with Crippen molar-refractivity contribution in [1.82, 2.24) is 5.32 Å². The summed E-state index contributed by atoms with van der Waals surface area (Å²) < 4.78 is 5.12. The number of nitrogens with zero attached hydrogens (tertiary/aromatic N) is 1. The second-order valence-corrected chi connectivity index (χ2v) is 4.89. The monoisotopic (exact) mass is 299 g/mol. The molecule has 0 fully saturated rings. The molecule has 0 saturated heterocycles. The molecule has 0 atom stereocenters. The van der Waals surface area contributed by atoms with E-state index in [1.165, 1.54) is 5.56 Å². The Balaban J connectivity index is 1.75. The fourth-order valence-electron chi connectivity index (χ4n) is 1.96. The summed E-state index contributed by atoms with van der Waals surface area (Å²) >= 11 is 0. The lowest BCUT2D eigenvalue weighted by atomic mass is 10.1. The highest BCUT2D eigenvalue weighted by molar-refractivity contribution is 5.77. The average Bonchev–Trinajstić information content (AvgIpc) is 2.55. The number of nitrogens with one attached hydrogen (secondary N) is 1. The fraction of sp³-hybridized carbons (Fsp3) is 0.235. The van der Waals surface area contributed by atoms with Gasteiger partial charge in [-0.05, 0) is 41.8 Å². The molecule has 0 aromatic heterocycles. The fourth-order valence-corrected chi connectivity index (χ4v) is 1.96. The van der Waals surface area contributed by atoms with Crippen LogP contribution in [0, 0.1) is 0 Å². The number of aliphatic imine (C=N–C) groups is 1. The van der Waals surface area contributed by atoms with Crippen LogP contribution >= 0.6 is 0 Å². The molecular formula is C17H21N3O2. The third kappa shape index (κ3) is 5.01. The van der Waals surface area contributed by atoms with Crippen LogP contribution in [0.25, 0.3) is 0 Å². The van der Waals surface area contributed by atoms with E-state index in [2.05, 4.69) is 10.3 Å². The standard InChI is InChI=1S/C17H21N3O2/c1-22-16-8-4-13(5-9-16)10-11-19-17(18)20-12-14-2-6-15(21)7-3-14/h2-9,21H,10-12H2,1H3,(H3,18,19,20). The SMILES string of the molecule is COc1ccc(CCNC(N)=NCc2ccc(O)cc2)cc1. The minimum atomic E-state index is 0.248. The van der Waals surface area contributed by atoms with Gasteiger partial charge in [-0.1, -0.05) is 24.3 Å². The number of aromatic hydroxyl groups is 1. The van der Waals surface area contributed by atoms with Gasteiger partial charge in [0.25, 0.3) is 0 Å². The molecule has 2 rings (SSSR count). The van der Waals surface area contributed by atoms with Gasteiger partial charge in [0.2, 0.25) is 0 Å². The van der Waals surface area contributed by atoms with Gasteiger partial charge in [-0.25, -0.2) is 4.99 Å². The summed E-state index contributed by atoms with van der Waals surface area (Å²) in [6.45, 7) is 1.21. The number of methoxy groups -OCH3 is 1. The highest BCUT2D eigenvalue weighted by Crippen LogP contribution is 2.11. The van der Waals surface area contributed by atoms with Gasteiger partial charge in [-0.3, -0.25) is 0 Å². The molecule has 0 heterocycles. The first kappa shape index (κ1) is 15.7. The predicted molar refractivity (Wildman–Crippen MR) is 88.1 cm³/mol. The number of rotatable bonds is 6. The summed E-state index contributed by atoms with van der Waals surface area (Å²) in [5.41, 5.74) is 8.04. The quantitative estimate of drug-likeness (QED) is 0.563. The van der Waals surface area contributed by atoms with Crippen molar-refractivity contribution in [3.05, 3.63) is 59.7 Å². The van der Waals surface area contributed by atoms with Crippen LogP contribution in [-0.4, -0.2) is 24.7 Å². The van der Waals surface area contributed by atoms with Gasteiger partial charge in [-0.15, -0.1) is 0 Å². The number of hydrogen-bond donors (Lipinski definition) is 3. The molecule has 116 valence electrons.